The molecule has 2 aliphatic rings. The third-order valence-corrected chi connectivity index (χ3v) is 7.90. The predicted molar refractivity (Wildman–Crippen MR) is 94.6 cm³/mol. The van der Waals surface area contributed by atoms with Crippen molar-refractivity contribution in [2.75, 3.05) is 26.2 Å². The molecule has 1 spiro atoms. The van der Waals surface area contributed by atoms with Crippen LogP contribution < -0.4 is 0 Å². The number of carbonyl (C=O) groups is 1. The van der Waals surface area contributed by atoms with E-state index in [0.29, 0.717) is 48.9 Å². The van der Waals surface area contributed by atoms with Gasteiger partial charge in [-0.2, -0.15) is 9.40 Å². The quantitative estimate of drug-likeness (QED) is 0.809. The minimum Gasteiger partial charge on any atom is -0.342 e. The summed E-state index contributed by atoms with van der Waals surface area (Å²) in [6, 6.07) is 0. The van der Waals surface area contributed by atoms with Crippen LogP contribution >= 0.6 is 0 Å². The highest BCUT2D eigenvalue weighted by Crippen LogP contribution is 2.40. The number of amides is 1. The number of hydrogen-bond acceptors (Lipinski definition) is 4. The van der Waals surface area contributed by atoms with Gasteiger partial charge in [0.05, 0.1) is 11.4 Å². The fourth-order valence-corrected chi connectivity index (χ4v) is 6.34. The van der Waals surface area contributed by atoms with E-state index in [1.165, 1.54) is 0 Å². The fraction of sp³-hybridized carbons (Fsp3) is 0.765. The van der Waals surface area contributed by atoms with Crippen LogP contribution in [0.2, 0.25) is 0 Å². The Bertz CT molecular complexity index is 786. The summed E-state index contributed by atoms with van der Waals surface area (Å²) in [4.78, 5) is 14.2. The molecule has 1 atom stereocenters. The van der Waals surface area contributed by atoms with Crippen molar-refractivity contribution in [2.24, 2.45) is 12.5 Å². The van der Waals surface area contributed by atoms with Gasteiger partial charge in [-0.3, -0.25) is 9.48 Å². The first-order valence-electron chi connectivity index (χ1n) is 8.98. The number of carbonyl (C=O) groups excluding carboxylic acids is 1. The summed E-state index contributed by atoms with van der Waals surface area (Å²) >= 11 is 0. The number of rotatable bonds is 3. The normalized spacial score (nSPS) is 25.8. The van der Waals surface area contributed by atoms with Crippen LogP contribution in [0.5, 0.6) is 0 Å². The molecule has 7 nitrogen and oxygen atoms in total. The molecule has 0 saturated carbocycles. The second-order valence-electron chi connectivity index (χ2n) is 7.47. The molecule has 0 unspecified atom stereocenters. The SMILES string of the molecule is CCN1C[C@@]2(CCCN(S(=O)(=O)c3c(C)nn(C)c3C)C2)CCC1=O. The van der Waals surface area contributed by atoms with E-state index in [-0.39, 0.29) is 11.3 Å². The number of likely N-dealkylation sites (tertiary alicyclic amines) is 1. The monoisotopic (exact) mass is 368 g/mol. The predicted octanol–water partition coefficient (Wildman–Crippen LogP) is 1.45. The van der Waals surface area contributed by atoms with Crippen LogP contribution in [0.4, 0.5) is 0 Å². The van der Waals surface area contributed by atoms with Gasteiger partial charge >= 0.3 is 0 Å². The zero-order chi connectivity index (χ0) is 18.4. The zero-order valence-corrected chi connectivity index (χ0v) is 16.4. The molecule has 2 aliphatic heterocycles. The highest BCUT2D eigenvalue weighted by molar-refractivity contribution is 7.89. The number of hydrogen-bond donors (Lipinski definition) is 0. The van der Waals surface area contributed by atoms with Gasteiger partial charge in [0.2, 0.25) is 15.9 Å². The van der Waals surface area contributed by atoms with E-state index in [4.69, 9.17) is 0 Å². The van der Waals surface area contributed by atoms with Crippen molar-refractivity contribution in [3.8, 4) is 0 Å². The summed E-state index contributed by atoms with van der Waals surface area (Å²) in [7, 11) is -1.80. The lowest BCUT2D eigenvalue weighted by atomic mass is 9.74. The molecule has 8 heteroatoms. The number of aromatic nitrogens is 2. The van der Waals surface area contributed by atoms with E-state index in [1.54, 1.807) is 29.9 Å². The summed E-state index contributed by atoms with van der Waals surface area (Å²) in [6.45, 7) is 7.91. The van der Waals surface area contributed by atoms with Gasteiger partial charge in [-0.25, -0.2) is 8.42 Å². The van der Waals surface area contributed by atoms with Crippen molar-refractivity contribution in [1.29, 1.82) is 0 Å². The lowest BCUT2D eigenvalue weighted by Gasteiger charge is -2.47. The van der Waals surface area contributed by atoms with Gasteiger partial charge in [0.25, 0.3) is 0 Å². The smallest absolute Gasteiger partial charge is 0.246 e. The minimum absolute atomic E-state index is 0.112. The van der Waals surface area contributed by atoms with Crippen LogP contribution in [0.15, 0.2) is 4.90 Å². The maximum absolute atomic E-state index is 13.3. The maximum atomic E-state index is 13.3. The van der Waals surface area contributed by atoms with Crippen molar-refractivity contribution in [1.82, 2.24) is 19.0 Å². The molecular formula is C17H28N4O3S. The third kappa shape index (κ3) is 3.10. The Morgan fingerprint density at radius 1 is 1.20 bits per heavy atom. The molecule has 0 aromatic carbocycles. The summed E-state index contributed by atoms with van der Waals surface area (Å²) in [6.07, 6.45) is 3.11. The van der Waals surface area contributed by atoms with Crippen molar-refractivity contribution < 1.29 is 13.2 Å². The molecule has 2 saturated heterocycles. The fourth-order valence-electron chi connectivity index (χ4n) is 4.35. The van der Waals surface area contributed by atoms with Gasteiger partial charge in [0, 0.05) is 45.1 Å². The molecule has 0 bridgehead atoms. The van der Waals surface area contributed by atoms with Crippen LogP contribution in [-0.4, -0.2) is 59.5 Å². The van der Waals surface area contributed by atoms with Gasteiger partial charge in [0.1, 0.15) is 4.90 Å². The molecule has 2 fully saturated rings. The minimum atomic E-state index is -3.57. The number of piperidine rings is 2. The summed E-state index contributed by atoms with van der Waals surface area (Å²) in [5, 5.41) is 4.27. The van der Waals surface area contributed by atoms with Crippen molar-refractivity contribution in [2.45, 2.75) is 51.3 Å². The Labute approximate surface area is 150 Å². The van der Waals surface area contributed by atoms with Gasteiger partial charge in [-0.15, -0.1) is 0 Å². The van der Waals surface area contributed by atoms with E-state index >= 15 is 0 Å². The Balaban J connectivity index is 1.89. The molecule has 3 heterocycles. The molecule has 25 heavy (non-hydrogen) atoms. The molecule has 3 rings (SSSR count). The van der Waals surface area contributed by atoms with Crippen molar-refractivity contribution >= 4 is 15.9 Å². The first kappa shape index (κ1) is 18.4. The van der Waals surface area contributed by atoms with Crippen LogP contribution in [0.3, 0.4) is 0 Å². The highest BCUT2D eigenvalue weighted by atomic mass is 32.2. The van der Waals surface area contributed by atoms with E-state index in [0.717, 1.165) is 19.3 Å². The Hall–Kier alpha value is -1.41. The van der Waals surface area contributed by atoms with Gasteiger partial charge < -0.3 is 4.90 Å². The van der Waals surface area contributed by atoms with Gasteiger partial charge in [-0.1, -0.05) is 0 Å². The van der Waals surface area contributed by atoms with Crippen molar-refractivity contribution in [3.63, 3.8) is 0 Å². The first-order chi connectivity index (χ1) is 11.7. The summed E-state index contributed by atoms with van der Waals surface area (Å²) < 4.78 is 29.8. The average Bonchev–Trinajstić information content (AvgIpc) is 2.83. The van der Waals surface area contributed by atoms with E-state index in [2.05, 4.69) is 5.10 Å². The van der Waals surface area contributed by atoms with Crippen LogP contribution in [-0.2, 0) is 21.9 Å². The van der Waals surface area contributed by atoms with Gasteiger partial charge in [-0.05, 0) is 40.0 Å². The molecule has 1 amide bonds. The van der Waals surface area contributed by atoms with E-state index < -0.39 is 10.0 Å². The molecule has 0 N–H and O–H groups in total. The Morgan fingerprint density at radius 2 is 1.92 bits per heavy atom. The number of sulfonamides is 1. The molecule has 0 aliphatic carbocycles. The first-order valence-corrected chi connectivity index (χ1v) is 10.4. The average molecular weight is 369 g/mol. The highest BCUT2D eigenvalue weighted by Gasteiger charge is 2.45. The Morgan fingerprint density at radius 3 is 2.52 bits per heavy atom. The molecule has 0 radical (unpaired) electrons. The number of aryl methyl sites for hydroxylation is 2. The molecule has 1 aromatic rings. The second-order valence-corrected chi connectivity index (χ2v) is 9.35. The van der Waals surface area contributed by atoms with Crippen LogP contribution in [0, 0.1) is 19.3 Å². The molecule has 1 aromatic heterocycles. The van der Waals surface area contributed by atoms with Gasteiger partial charge in [0.15, 0.2) is 0 Å². The second kappa shape index (κ2) is 6.39. The molecular weight excluding hydrogens is 340 g/mol. The maximum Gasteiger partial charge on any atom is 0.246 e. The number of nitrogens with zero attached hydrogens (tertiary/aromatic N) is 4. The topological polar surface area (TPSA) is 75.5 Å². The van der Waals surface area contributed by atoms with Crippen LogP contribution in [0.1, 0.15) is 44.0 Å². The van der Waals surface area contributed by atoms with Crippen LogP contribution in [0.25, 0.3) is 0 Å². The van der Waals surface area contributed by atoms with E-state index in [9.17, 15) is 13.2 Å². The molecule has 140 valence electrons. The summed E-state index contributed by atoms with van der Waals surface area (Å²) in [5.74, 6) is 0.187. The van der Waals surface area contributed by atoms with E-state index in [1.807, 2.05) is 11.8 Å². The summed E-state index contributed by atoms with van der Waals surface area (Å²) in [5.41, 5.74) is 1.11. The Kier molecular flexibility index (Phi) is 4.70. The standard InChI is InChI=1S/C17H28N4O3S/c1-5-20-11-17(9-7-15(20)22)8-6-10-21(12-17)25(23,24)16-13(2)18-19(4)14(16)3/h5-12H2,1-4H3/t17-/m1/s1. The largest absolute Gasteiger partial charge is 0.342 e. The lowest BCUT2D eigenvalue weighted by molar-refractivity contribution is -0.138. The third-order valence-electron chi connectivity index (χ3n) is 5.80. The van der Waals surface area contributed by atoms with Crippen molar-refractivity contribution in [3.05, 3.63) is 11.4 Å². The zero-order valence-electron chi connectivity index (χ0n) is 15.6. The lowest BCUT2D eigenvalue weighted by Crippen LogP contribution is -2.55.